The summed E-state index contributed by atoms with van der Waals surface area (Å²) in [6.07, 6.45) is 0. The number of nitrogens with zero attached hydrogens (tertiary/aromatic N) is 1. The second-order valence-electron chi connectivity index (χ2n) is 2.88. The maximum absolute atomic E-state index is 13.2. The maximum atomic E-state index is 13.2. The van der Waals surface area contributed by atoms with Crippen LogP contribution in [0.4, 0.5) is 28.1 Å². The van der Waals surface area contributed by atoms with Gasteiger partial charge < -0.3 is 5.32 Å². The van der Waals surface area contributed by atoms with Gasteiger partial charge in [-0.15, -0.1) is 5.12 Å². The summed E-state index contributed by atoms with van der Waals surface area (Å²) in [4.78, 5) is 10.8. The van der Waals surface area contributed by atoms with Crippen LogP contribution in [0.3, 0.4) is 0 Å². The number of urea groups is 1. The zero-order chi connectivity index (χ0) is 13.1. The summed E-state index contributed by atoms with van der Waals surface area (Å²) in [5.74, 6) is 0. The van der Waals surface area contributed by atoms with Crippen LogP contribution < -0.4 is 10.4 Å². The van der Waals surface area contributed by atoms with E-state index in [0.717, 1.165) is 24.3 Å². The molecule has 0 aliphatic carbocycles. The average molecular weight is 268 g/mol. The highest BCUT2D eigenvalue weighted by atomic mass is 32.2. The van der Waals surface area contributed by atoms with Gasteiger partial charge >= 0.3 is 11.5 Å². The van der Waals surface area contributed by atoms with E-state index in [2.05, 4.69) is 0 Å². The second-order valence-corrected chi connectivity index (χ2v) is 4.02. The molecule has 3 nitrogen and oxygen atoms in total. The molecule has 0 aromatic heterocycles. The maximum Gasteiger partial charge on any atom is 0.446 e. The van der Waals surface area contributed by atoms with Crippen LogP contribution in [0.5, 0.6) is 0 Å². The summed E-state index contributed by atoms with van der Waals surface area (Å²) in [7, 11) is 1.24. The van der Waals surface area contributed by atoms with Gasteiger partial charge in [-0.1, -0.05) is 4.48 Å². The van der Waals surface area contributed by atoms with Crippen molar-refractivity contribution in [3.63, 3.8) is 0 Å². The highest BCUT2D eigenvalue weighted by Crippen LogP contribution is 2.37. The van der Waals surface area contributed by atoms with E-state index in [4.69, 9.17) is 0 Å². The molecule has 0 aliphatic heterocycles. The molecule has 0 unspecified atom stereocenters. The minimum Gasteiger partial charge on any atom is -0.339 e. The summed E-state index contributed by atoms with van der Waals surface area (Å²) in [5.41, 5.74) is -4.53. The lowest BCUT2D eigenvalue weighted by atomic mass is 10.3. The zero-order valence-electron chi connectivity index (χ0n) is 8.58. The molecule has 1 rings (SSSR count). The normalized spacial score (nSPS) is 11.1. The monoisotopic (exact) mass is 268 g/mol. The minimum atomic E-state index is -4.39. The van der Waals surface area contributed by atoms with Gasteiger partial charge in [0.1, 0.15) is 0 Å². The number of benzene rings is 1. The predicted octanol–water partition coefficient (Wildman–Crippen LogP) is 3.33. The molecule has 0 fully saturated rings. The quantitative estimate of drug-likeness (QED) is 0.507. The molecule has 8 heteroatoms. The Balaban J connectivity index is 2.78. The van der Waals surface area contributed by atoms with Crippen LogP contribution >= 0.6 is 11.8 Å². The Morgan fingerprint density at radius 3 is 2.24 bits per heavy atom. The molecule has 1 N–H and O–H groups in total. The minimum absolute atomic E-state index is 0.0773. The summed E-state index contributed by atoms with van der Waals surface area (Å²) in [6, 6.07) is 3.35. The lowest BCUT2D eigenvalue weighted by Gasteiger charge is -2.11. The van der Waals surface area contributed by atoms with Gasteiger partial charge in [0, 0.05) is 11.9 Å². The lowest BCUT2D eigenvalue weighted by Crippen LogP contribution is -2.31. The first-order chi connectivity index (χ1) is 7.83. The third kappa shape index (κ3) is 4.14. The van der Waals surface area contributed by atoms with Crippen molar-refractivity contribution in [3.05, 3.63) is 24.3 Å². The third-order valence-electron chi connectivity index (χ3n) is 1.69. The highest BCUT2D eigenvalue weighted by molar-refractivity contribution is 8.00. The van der Waals surface area contributed by atoms with E-state index >= 15 is 0 Å². The number of hydrogen-bond donors (Lipinski definition) is 1. The fraction of sp³-hybridized carbons (Fsp3) is 0.222. The van der Waals surface area contributed by atoms with Crippen LogP contribution in [0, 0.1) is 0 Å². The van der Waals surface area contributed by atoms with Crippen LogP contribution in [0.25, 0.3) is 0 Å². The molecule has 1 aromatic carbocycles. The summed E-state index contributed by atoms with van der Waals surface area (Å²) in [5, 5.41) is 1.85. The van der Waals surface area contributed by atoms with Crippen molar-refractivity contribution in [1.82, 2.24) is 5.32 Å². The molecule has 0 saturated carbocycles. The van der Waals surface area contributed by atoms with Gasteiger partial charge in [-0.3, -0.25) is 0 Å². The fourth-order valence-corrected chi connectivity index (χ4v) is 1.53. The summed E-state index contributed by atoms with van der Waals surface area (Å²) < 4.78 is 49.2. The summed E-state index contributed by atoms with van der Waals surface area (Å²) in [6.45, 7) is 0. The van der Waals surface area contributed by atoms with E-state index in [-0.39, 0.29) is 27.5 Å². The standard InChI is InChI=1S/C9H8F4N2OS/c1-14-8(16)15(13)6-2-4-7(5-3-6)17-9(10,11)12/h2-5H,1H3,(H,14,16). The molecule has 0 saturated heterocycles. The number of alkyl halides is 3. The largest absolute Gasteiger partial charge is 0.446 e. The van der Waals surface area contributed by atoms with E-state index < -0.39 is 11.5 Å². The number of nitrogens with one attached hydrogen (secondary N) is 1. The molecule has 17 heavy (non-hydrogen) atoms. The van der Waals surface area contributed by atoms with Crippen LogP contribution in [0.2, 0.25) is 0 Å². The van der Waals surface area contributed by atoms with E-state index in [1.165, 1.54) is 7.05 Å². The first kappa shape index (κ1) is 13.6. The van der Waals surface area contributed by atoms with Gasteiger partial charge in [0.05, 0.1) is 5.69 Å². The Morgan fingerprint density at radius 1 is 1.29 bits per heavy atom. The van der Waals surface area contributed by atoms with Gasteiger partial charge in [-0.2, -0.15) is 13.2 Å². The third-order valence-corrected chi connectivity index (χ3v) is 2.43. The van der Waals surface area contributed by atoms with Crippen molar-refractivity contribution in [3.8, 4) is 0 Å². The number of rotatable bonds is 2. The molecular formula is C9H8F4N2OS. The molecule has 0 radical (unpaired) electrons. The number of amides is 2. The Hall–Kier alpha value is -1.44. The number of halogens is 4. The summed E-state index contributed by atoms with van der Waals surface area (Å²) >= 11 is -0.306. The van der Waals surface area contributed by atoms with Crippen molar-refractivity contribution in [2.75, 3.05) is 12.2 Å². The van der Waals surface area contributed by atoms with Crippen molar-refractivity contribution in [2.24, 2.45) is 0 Å². The highest BCUT2D eigenvalue weighted by Gasteiger charge is 2.29. The van der Waals surface area contributed by atoms with Gasteiger partial charge in [0.15, 0.2) is 0 Å². The Morgan fingerprint density at radius 2 is 1.82 bits per heavy atom. The Labute approximate surface area is 98.7 Å². The number of thioether (sulfide) groups is 1. The van der Waals surface area contributed by atoms with E-state index in [0.29, 0.717) is 0 Å². The molecule has 0 aliphatic rings. The topological polar surface area (TPSA) is 32.3 Å². The van der Waals surface area contributed by atoms with Crippen molar-refractivity contribution in [2.45, 2.75) is 10.4 Å². The van der Waals surface area contributed by atoms with Crippen LogP contribution in [-0.2, 0) is 0 Å². The first-order valence-corrected chi connectivity index (χ1v) is 5.18. The molecular weight excluding hydrogens is 260 g/mol. The molecule has 0 heterocycles. The number of hydrogen-bond acceptors (Lipinski definition) is 2. The van der Waals surface area contributed by atoms with E-state index in [1.54, 1.807) is 0 Å². The van der Waals surface area contributed by atoms with Gasteiger partial charge in [0.2, 0.25) is 0 Å². The zero-order valence-corrected chi connectivity index (χ0v) is 9.40. The molecule has 2 amide bonds. The average Bonchev–Trinajstić information content (AvgIpc) is 2.26. The van der Waals surface area contributed by atoms with Crippen molar-refractivity contribution < 1.29 is 22.4 Å². The number of carbonyl (C=O) groups is 1. The van der Waals surface area contributed by atoms with E-state index in [1.807, 2.05) is 5.32 Å². The molecule has 0 bridgehead atoms. The smallest absolute Gasteiger partial charge is 0.339 e. The van der Waals surface area contributed by atoms with Crippen molar-refractivity contribution >= 4 is 23.5 Å². The Bertz CT molecular complexity index is 393. The van der Waals surface area contributed by atoms with Gasteiger partial charge in [0.25, 0.3) is 0 Å². The van der Waals surface area contributed by atoms with Crippen LogP contribution in [-0.4, -0.2) is 18.6 Å². The molecule has 0 spiro atoms. The van der Waals surface area contributed by atoms with Gasteiger partial charge in [-0.05, 0) is 36.0 Å². The molecule has 1 aromatic rings. The lowest BCUT2D eigenvalue weighted by molar-refractivity contribution is -0.0328. The fourth-order valence-electron chi connectivity index (χ4n) is 0.994. The predicted molar refractivity (Wildman–Crippen MR) is 56.4 cm³/mol. The van der Waals surface area contributed by atoms with Crippen molar-refractivity contribution in [1.29, 1.82) is 0 Å². The molecule has 94 valence electrons. The van der Waals surface area contributed by atoms with Gasteiger partial charge in [-0.25, -0.2) is 4.79 Å². The SMILES string of the molecule is CNC(=O)N(F)c1ccc(SC(F)(F)F)cc1. The van der Waals surface area contributed by atoms with Crippen LogP contribution in [0.15, 0.2) is 29.2 Å². The van der Waals surface area contributed by atoms with E-state index in [9.17, 15) is 22.4 Å². The number of carbonyl (C=O) groups excluding carboxylic acids is 1. The Kier molecular flexibility index (Phi) is 4.22. The number of anilines is 1. The molecule has 0 atom stereocenters. The first-order valence-electron chi connectivity index (χ1n) is 4.37. The van der Waals surface area contributed by atoms with Crippen LogP contribution in [0.1, 0.15) is 0 Å². The second kappa shape index (κ2) is 5.26.